The summed E-state index contributed by atoms with van der Waals surface area (Å²) < 4.78 is 13.6. The van der Waals surface area contributed by atoms with Gasteiger partial charge in [-0.05, 0) is 24.3 Å². The number of aromatic nitrogens is 1. The van der Waals surface area contributed by atoms with E-state index in [0.29, 0.717) is 0 Å². The molecule has 102 valence electrons. The number of carbonyl (C=O) groups is 2. The molecule has 5 nitrogen and oxygen atoms in total. The molecule has 0 aliphatic heterocycles. The average molecular weight is 295 g/mol. The summed E-state index contributed by atoms with van der Waals surface area (Å²) in [6, 6.07) is 6.30. The molecular formula is C13H8ClFN2O3. The van der Waals surface area contributed by atoms with Gasteiger partial charge < -0.3 is 10.4 Å². The first-order valence-electron chi connectivity index (χ1n) is 5.44. The Bertz CT molecular complexity index is 674. The number of para-hydroxylation sites is 1. The quantitative estimate of drug-likeness (QED) is 0.853. The van der Waals surface area contributed by atoms with Crippen molar-refractivity contribution in [2.45, 2.75) is 0 Å². The van der Waals surface area contributed by atoms with Crippen molar-refractivity contribution in [2.75, 3.05) is 5.32 Å². The van der Waals surface area contributed by atoms with E-state index in [1.165, 1.54) is 30.5 Å². The highest BCUT2D eigenvalue weighted by atomic mass is 35.5. The van der Waals surface area contributed by atoms with Crippen molar-refractivity contribution in [3.05, 3.63) is 58.6 Å². The number of carbonyl (C=O) groups excluding carboxylic acids is 1. The van der Waals surface area contributed by atoms with E-state index in [-0.39, 0.29) is 22.0 Å². The highest BCUT2D eigenvalue weighted by Gasteiger charge is 2.17. The Balaban J connectivity index is 2.32. The van der Waals surface area contributed by atoms with E-state index in [1.807, 2.05) is 0 Å². The summed E-state index contributed by atoms with van der Waals surface area (Å²) in [5, 5.41) is 11.4. The minimum atomic E-state index is -1.34. The summed E-state index contributed by atoms with van der Waals surface area (Å²) in [5.41, 5.74) is -0.589. The second-order valence-corrected chi connectivity index (χ2v) is 4.18. The monoisotopic (exact) mass is 294 g/mol. The maximum absolute atomic E-state index is 13.6. The zero-order valence-electron chi connectivity index (χ0n) is 9.93. The number of hydrogen-bond acceptors (Lipinski definition) is 3. The van der Waals surface area contributed by atoms with E-state index in [2.05, 4.69) is 10.3 Å². The number of amides is 1. The first-order valence-corrected chi connectivity index (χ1v) is 5.81. The number of benzene rings is 1. The van der Waals surface area contributed by atoms with Crippen LogP contribution in [0.5, 0.6) is 0 Å². The molecule has 1 aromatic carbocycles. The number of hydrogen-bond donors (Lipinski definition) is 2. The van der Waals surface area contributed by atoms with Gasteiger partial charge in [-0.2, -0.15) is 0 Å². The Hall–Kier alpha value is -2.47. The molecule has 2 rings (SSSR count). The predicted octanol–water partition coefficient (Wildman–Crippen LogP) is 2.82. The van der Waals surface area contributed by atoms with Crippen molar-refractivity contribution in [2.24, 2.45) is 0 Å². The number of nitrogens with zero attached hydrogens (tertiary/aromatic N) is 1. The summed E-state index contributed by atoms with van der Waals surface area (Å²) in [4.78, 5) is 26.6. The topological polar surface area (TPSA) is 79.3 Å². The summed E-state index contributed by atoms with van der Waals surface area (Å²) >= 11 is 5.59. The molecule has 1 amide bonds. The summed E-state index contributed by atoms with van der Waals surface area (Å²) in [6.45, 7) is 0. The number of aromatic carboxylic acids is 1. The first-order chi connectivity index (χ1) is 9.49. The number of carboxylic acids is 1. The molecule has 1 aromatic heterocycles. The van der Waals surface area contributed by atoms with Gasteiger partial charge in [0.2, 0.25) is 0 Å². The smallest absolute Gasteiger partial charge is 0.337 e. The van der Waals surface area contributed by atoms with E-state index in [1.54, 1.807) is 0 Å². The normalized spacial score (nSPS) is 10.1. The molecule has 0 aliphatic rings. The van der Waals surface area contributed by atoms with Crippen LogP contribution in [0.3, 0.4) is 0 Å². The Morgan fingerprint density at radius 2 is 2.00 bits per heavy atom. The van der Waals surface area contributed by atoms with Crippen LogP contribution in [0.4, 0.5) is 10.1 Å². The number of pyridine rings is 1. The van der Waals surface area contributed by atoms with Crippen molar-refractivity contribution >= 4 is 29.2 Å². The van der Waals surface area contributed by atoms with Crippen LogP contribution in [0.2, 0.25) is 5.15 Å². The van der Waals surface area contributed by atoms with E-state index in [9.17, 15) is 14.0 Å². The van der Waals surface area contributed by atoms with Crippen molar-refractivity contribution in [1.29, 1.82) is 0 Å². The fraction of sp³-hybridized carbons (Fsp3) is 0. The number of nitrogens with one attached hydrogen (secondary N) is 1. The van der Waals surface area contributed by atoms with Crippen molar-refractivity contribution in [1.82, 2.24) is 4.98 Å². The van der Waals surface area contributed by atoms with Crippen molar-refractivity contribution in [3.63, 3.8) is 0 Å². The van der Waals surface area contributed by atoms with Gasteiger partial charge in [0.25, 0.3) is 5.91 Å². The second kappa shape index (κ2) is 5.66. The van der Waals surface area contributed by atoms with Crippen LogP contribution in [0.1, 0.15) is 20.7 Å². The zero-order valence-corrected chi connectivity index (χ0v) is 10.7. The van der Waals surface area contributed by atoms with Gasteiger partial charge in [0.1, 0.15) is 11.0 Å². The molecule has 0 atom stereocenters. The van der Waals surface area contributed by atoms with Gasteiger partial charge >= 0.3 is 5.97 Å². The maximum atomic E-state index is 13.6. The Kier molecular flexibility index (Phi) is 3.95. The third-order valence-corrected chi connectivity index (χ3v) is 2.70. The van der Waals surface area contributed by atoms with Crippen LogP contribution in [0, 0.1) is 5.82 Å². The molecule has 0 saturated carbocycles. The molecule has 0 radical (unpaired) electrons. The highest BCUT2D eigenvalue weighted by molar-refractivity contribution is 6.29. The van der Waals surface area contributed by atoms with E-state index < -0.39 is 17.7 Å². The number of carboxylic acid groups (broad SMARTS) is 1. The van der Waals surface area contributed by atoms with E-state index >= 15 is 0 Å². The summed E-state index contributed by atoms with van der Waals surface area (Å²) in [5.74, 6) is -2.85. The largest absolute Gasteiger partial charge is 0.478 e. The molecule has 20 heavy (non-hydrogen) atoms. The van der Waals surface area contributed by atoms with Crippen LogP contribution in [-0.4, -0.2) is 22.0 Å². The van der Waals surface area contributed by atoms with Crippen LogP contribution in [-0.2, 0) is 0 Å². The lowest BCUT2D eigenvalue weighted by molar-refractivity contribution is 0.0697. The molecular weight excluding hydrogens is 287 g/mol. The number of rotatable bonds is 3. The molecule has 0 aliphatic carbocycles. The van der Waals surface area contributed by atoms with Crippen LogP contribution >= 0.6 is 11.6 Å². The Morgan fingerprint density at radius 3 is 2.60 bits per heavy atom. The van der Waals surface area contributed by atoms with Gasteiger partial charge in [0.05, 0.1) is 16.8 Å². The minimum Gasteiger partial charge on any atom is -0.478 e. The molecule has 2 N–H and O–H groups in total. The van der Waals surface area contributed by atoms with Gasteiger partial charge in [-0.25, -0.2) is 14.2 Å². The number of anilines is 1. The molecule has 2 aromatic rings. The van der Waals surface area contributed by atoms with Crippen molar-refractivity contribution < 1.29 is 19.1 Å². The fourth-order valence-electron chi connectivity index (χ4n) is 1.53. The lowest BCUT2D eigenvalue weighted by Gasteiger charge is -2.09. The van der Waals surface area contributed by atoms with Crippen LogP contribution in [0.25, 0.3) is 0 Å². The molecule has 0 unspecified atom stereocenters. The van der Waals surface area contributed by atoms with Gasteiger partial charge in [0.15, 0.2) is 0 Å². The van der Waals surface area contributed by atoms with Crippen LogP contribution < -0.4 is 5.32 Å². The second-order valence-electron chi connectivity index (χ2n) is 3.79. The summed E-state index contributed by atoms with van der Waals surface area (Å²) in [7, 11) is 0. The van der Waals surface area contributed by atoms with E-state index in [4.69, 9.17) is 16.7 Å². The van der Waals surface area contributed by atoms with Gasteiger partial charge in [-0.15, -0.1) is 0 Å². The predicted molar refractivity (Wildman–Crippen MR) is 70.6 cm³/mol. The zero-order chi connectivity index (χ0) is 14.7. The number of halogens is 2. The van der Waals surface area contributed by atoms with Gasteiger partial charge in [-0.1, -0.05) is 17.7 Å². The lowest BCUT2D eigenvalue weighted by Crippen LogP contribution is -2.16. The minimum absolute atomic E-state index is 0.133. The lowest BCUT2D eigenvalue weighted by atomic mass is 10.1. The fourth-order valence-corrected chi connectivity index (χ4v) is 1.64. The van der Waals surface area contributed by atoms with Crippen LogP contribution in [0.15, 0.2) is 36.5 Å². The van der Waals surface area contributed by atoms with Crippen molar-refractivity contribution in [3.8, 4) is 0 Å². The molecule has 1 heterocycles. The molecule has 7 heteroatoms. The Morgan fingerprint density at radius 1 is 1.25 bits per heavy atom. The van der Waals surface area contributed by atoms with E-state index in [0.717, 1.165) is 6.07 Å². The molecule has 0 bridgehead atoms. The maximum Gasteiger partial charge on any atom is 0.337 e. The van der Waals surface area contributed by atoms with Gasteiger partial charge in [0, 0.05) is 6.20 Å². The molecule has 0 spiro atoms. The molecule has 0 saturated heterocycles. The first kappa shape index (κ1) is 14.0. The Labute approximate surface area is 118 Å². The third kappa shape index (κ3) is 2.92. The molecule has 0 fully saturated rings. The average Bonchev–Trinajstić information content (AvgIpc) is 2.41. The SMILES string of the molecule is O=C(Nc1c(F)cccc1C(=O)O)c1ccc(Cl)nc1. The third-order valence-electron chi connectivity index (χ3n) is 2.47. The highest BCUT2D eigenvalue weighted by Crippen LogP contribution is 2.20. The standard InChI is InChI=1S/C13H8ClFN2O3/c14-10-5-4-7(6-16-10)12(18)17-11-8(13(19)20)2-1-3-9(11)15/h1-6H,(H,17,18)(H,19,20). The summed E-state index contributed by atoms with van der Waals surface area (Å²) in [6.07, 6.45) is 1.21. The van der Waals surface area contributed by atoms with Gasteiger partial charge in [-0.3, -0.25) is 4.79 Å².